The maximum absolute atomic E-state index is 12.7. The predicted molar refractivity (Wildman–Crippen MR) is 55.3 cm³/mol. The average Bonchev–Trinajstić information content (AvgIpc) is 2.27. The zero-order valence-corrected chi connectivity index (χ0v) is 8.84. The van der Waals surface area contributed by atoms with Gasteiger partial charge in [-0.2, -0.15) is 0 Å². The predicted octanol–water partition coefficient (Wildman–Crippen LogP) is 3.49. The van der Waals surface area contributed by atoms with Gasteiger partial charge >= 0.3 is 0 Å². The topological polar surface area (TPSA) is 17.1 Å². The highest BCUT2D eigenvalue weighted by molar-refractivity contribution is 5.61. The fraction of sp³-hybridized carbons (Fsp3) is 0.417. The molecule has 0 fully saturated rings. The van der Waals surface area contributed by atoms with Crippen molar-refractivity contribution in [2.75, 3.05) is 0 Å². The number of alkyl halides is 2. The van der Waals surface area contributed by atoms with Crippen LogP contribution in [0.1, 0.15) is 42.9 Å². The molecule has 0 aliphatic rings. The molecule has 15 heavy (non-hydrogen) atoms. The Hall–Kier alpha value is -1.25. The molecule has 82 valence electrons. The Morgan fingerprint density at radius 1 is 1.40 bits per heavy atom. The molecule has 0 saturated heterocycles. The number of carbonyl (C=O) groups is 1. The Labute approximate surface area is 88.1 Å². The molecule has 1 aromatic carbocycles. The van der Waals surface area contributed by atoms with E-state index in [9.17, 15) is 13.6 Å². The molecule has 0 N–H and O–H groups in total. The van der Waals surface area contributed by atoms with Crippen molar-refractivity contribution in [1.29, 1.82) is 0 Å². The summed E-state index contributed by atoms with van der Waals surface area (Å²) in [7, 11) is 0. The number of benzene rings is 1. The van der Waals surface area contributed by atoms with E-state index in [0.717, 1.165) is 6.29 Å². The molecule has 1 aromatic rings. The molecular formula is C12H14F2O. The minimum absolute atomic E-state index is 0.0451. The van der Waals surface area contributed by atoms with Gasteiger partial charge in [-0.25, -0.2) is 8.78 Å². The molecule has 0 aromatic heterocycles. The van der Waals surface area contributed by atoms with Gasteiger partial charge in [-0.3, -0.25) is 0 Å². The maximum atomic E-state index is 12.7. The number of aldehydes is 1. The molecular weight excluding hydrogens is 198 g/mol. The molecule has 0 heterocycles. The van der Waals surface area contributed by atoms with Crippen LogP contribution in [0.25, 0.3) is 0 Å². The molecule has 0 amide bonds. The van der Waals surface area contributed by atoms with Crippen LogP contribution in [0.15, 0.2) is 18.2 Å². The van der Waals surface area contributed by atoms with E-state index in [1.165, 1.54) is 6.07 Å². The van der Waals surface area contributed by atoms with Crippen LogP contribution in [0.5, 0.6) is 0 Å². The van der Waals surface area contributed by atoms with Crippen molar-refractivity contribution < 1.29 is 13.6 Å². The summed E-state index contributed by atoms with van der Waals surface area (Å²) < 4.78 is 25.3. The van der Waals surface area contributed by atoms with Gasteiger partial charge in [0.2, 0.25) is 0 Å². The first kappa shape index (κ1) is 11.8. The summed E-state index contributed by atoms with van der Waals surface area (Å²) in [5, 5.41) is 0. The molecule has 0 aliphatic heterocycles. The molecule has 1 nitrogen and oxygen atoms in total. The fourth-order valence-electron chi connectivity index (χ4n) is 1.50. The van der Waals surface area contributed by atoms with E-state index in [1.54, 1.807) is 19.1 Å². The fourth-order valence-corrected chi connectivity index (χ4v) is 1.50. The van der Waals surface area contributed by atoms with Crippen molar-refractivity contribution in [2.45, 2.75) is 32.6 Å². The molecule has 0 bridgehead atoms. The molecule has 1 atom stereocenters. The molecule has 0 spiro atoms. The number of carbonyl (C=O) groups excluding carboxylic acids is 1. The summed E-state index contributed by atoms with van der Waals surface area (Å²) in [5.74, 6) is -0.326. The number of rotatable bonds is 4. The van der Waals surface area contributed by atoms with Crippen molar-refractivity contribution in [3.8, 4) is 0 Å². The highest BCUT2D eigenvalue weighted by Crippen LogP contribution is 2.26. The Balaban J connectivity index is 3.15. The summed E-state index contributed by atoms with van der Waals surface area (Å²) >= 11 is 0. The normalized spacial score (nSPS) is 12.9. The van der Waals surface area contributed by atoms with Gasteiger partial charge in [0.25, 0.3) is 6.43 Å². The van der Waals surface area contributed by atoms with E-state index in [4.69, 9.17) is 0 Å². The minimum Gasteiger partial charge on any atom is -0.303 e. The third-order valence-corrected chi connectivity index (χ3v) is 2.52. The van der Waals surface area contributed by atoms with E-state index in [1.807, 2.05) is 6.92 Å². The van der Waals surface area contributed by atoms with Gasteiger partial charge in [0.1, 0.15) is 6.29 Å². The average molecular weight is 212 g/mol. The second-order valence-corrected chi connectivity index (χ2v) is 3.54. The Morgan fingerprint density at radius 2 is 2.07 bits per heavy atom. The van der Waals surface area contributed by atoms with Gasteiger partial charge in [-0.05, 0) is 23.6 Å². The molecule has 0 radical (unpaired) electrons. The minimum atomic E-state index is -2.47. The monoisotopic (exact) mass is 212 g/mol. The lowest BCUT2D eigenvalue weighted by Crippen LogP contribution is -1.99. The van der Waals surface area contributed by atoms with Crippen LogP contribution in [0.3, 0.4) is 0 Å². The first-order valence-corrected chi connectivity index (χ1v) is 4.96. The first-order chi connectivity index (χ1) is 7.10. The Kier molecular flexibility index (Phi) is 3.95. The number of aryl methyl sites for hydroxylation is 1. The molecule has 0 saturated carbocycles. The van der Waals surface area contributed by atoms with Crippen molar-refractivity contribution in [3.63, 3.8) is 0 Å². The van der Waals surface area contributed by atoms with Crippen LogP contribution >= 0.6 is 0 Å². The van der Waals surface area contributed by atoms with Crippen LogP contribution < -0.4 is 0 Å². The summed E-state index contributed by atoms with van der Waals surface area (Å²) in [6, 6.07) is 4.85. The molecule has 1 unspecified atom stereocenters. The van der Waals surface area contributed by atoms with Crippen molar-refractivity contribution in [1.82, 2.24) is 0 Å². The SMILES string of the molecule is CCc1ccc(C(C)C=O)cc1C(F)F. The standard InChI is InChI=1S/C12H14F2O/c1-3-9-4-5-10(8(2)7-15)6-11(9)12(13)14/h4-8,12H,3H2,1-2H3. The van der Waals surface area contributed by atoms with E-state index in [0.29, 0.717) is 17.5 Å². The lowest BCUT2D eigenvalue weighted by molar-refractivity contribution is -0.108. The smallest absolute Gasteiger partial charge is 0.264 e. The number of hydrogen-bond donors (Lipinski definition) is 0. The largest absolute Gasteiger partial charge is 0.303 e. The van der Waals surface area contributed by atoms with Crippen LogP contribution in [-0.2, 0) is 11.2 Å². The third-order valence-electron chi connectivity index (χ3n) is 2.52. The van der Waals surface area contributed by atoms with Gasteiger partial charge in [0.05, 0.1) is 0 Å². The van der Waals surface area contributed by atoms with Crippen LogP contribution in [0, 0.1) is 0 Å². The Morgan fingerprint density at radius 3 is 2.53 bits per heavy atom. The Bertz CT molecular complexity index is 347. The second-order valence-electron chi connectivity index (χ2n) is 3.54. The second kappa shape index (κ2) is 5.01. The molecule has 1 rings (SSSR count). The maximum Gasteiger partial charge on any atom is 0.264 e. The number of halogens is 2. The lowest BCUT2D eigenvalue weighted by Gasteiger charge is -2.11. The lowest BCUT2D eigenvalue weighted by atomic mass is 9.96. The zero-order chi connectivity index (χ0) is 11.4. The van der Waals surface area contributed by atoms with E-state index in [-0.39, 0.29) is 11.5 Å². The van der Waals surface area contributed by atoms with Gasteiger partial charge < -0.3 is 4.79 Å². The number of hydrogen-bond acceptors (Lipinski definition) is 1. The summed E-state index contributed by atoms with van der Waals surface area (Å²) in [5.41, 5.74) is 1.34. The summed E-state index contributed by atoms with van der Waals surface area (Å²) in [6.07, 6.45) is -1.13. The molecule has 0 aliphatic carbocycles. The van der Waals surface area contributed by atoms with Crippen molar-refractivity contribution >= 4 is 6.29 Å². The van der Waals surface area contributed by atoms with E-state index in [2.05, 4.69) is 0 Å². The first-order valence-electron chi connectivity index (χ1n) is 4.96. The summed E-state index contributed by atoms with van der Waals surface area (Å²) in [4.78, 5) is 10.6. The zero-order valence-electron chi connectivity index (χ0n) is 8.84. The summed E-state index contributed by atoms with van der Waals surface area (Å²) in [6.45, 7) is 3.53. The van der Waals surface area contributed by atoms with Crippen LogP contribution in [-0.4, -0.2) is 6.29 Å². The van der Waals surface area contributed by atoms with Gasteiger partial charge in [-0.15, -0.1) is 0 Å². The van der Waals surface area contributed by atoms with E-state index < -0.39 is 6.43 Å². The quantitative estimate of drug-likeness (QED) is 0.698. The van der Waals surface area contributed by atoms with Gasteiger partial charge in [-0.1, -0.05) is 26.0 Å². The molecule has 3 heteroatoms. The van der Waals surface area contributed by atoms with Gasteiger partial charge in [0, 0.05) is 11.5 Å². The highest BCUT2D eigenvalue weighted by atomic mass is 19.3. The van der Waals surface area contributed by atoms with Gasteiger partial charge in [0.15, 0.2) is 0 Å². The van der Waals surface area contributed by atoms with Crippen LogP contribution in [0.4, 0.5) is 8.78 Å². The van der Waals surface area contributed by atoms with Crippen LogP contribution in [0.2, 0.25) is 0 Å². The highest BCUT2D eigenvalue weighted by Gasteiger charge is 2.14. The van der Waals surface area contributed by atoms with Crippen molar-refractivity contribution in [3.05, 3.63) is 34.9 Å². The third kappa shape index (κ3) is 2.61. The van der Waals surface area contributed by atoms with Crippen molar-refractivity contribution in [2.24, 2.45) is 0 Å². The van der Waals surface area contributed by atoms with E-state index >= 15 is 0 Å².